The molecule has 1 N–H and O–H groups in total. The maximum Gasteiger partial charge on any atom is 0.123 e. The number of aromatic hydroxyl groups is 1. The second-order valence-corrected chi connectivity index (χ2v) is 5.88. The minimum absolute atomic E-state index is 0.303. The van der Waals surface area contributed by atoms with E-state index in [4.69, 9.17) is 0 Å². The summed E-state index contributed by atoms with van der Waals surface area (Å²) >= 11 is 4.39. The highest BCUT2D eigenvalue weighted by Crippen LogP contribution is 2.43. The number of phenols is 1. The Morgan fingerprint density at radius 1 is 0.762 bits per heavy atom. The van der Waals surface area contributed by atoms with Crippen LogP contribution in [0, 0.1) is 0 Å². The summed E-state index contributed by atoms with van der Waals surface area (Å²) < 4.78 is 0. The van der Waals surface area contributed by atoms with Crippen molar-refractivity contribution in [2.75, 3.05) is 0 Å². The van der Waals surface area contributed by atoms with Crippen molar-refractivity contribution >= 4 is 12.6 Å². The Morgan fingerprint density at radius 2 is 1.48 bits per heavy atom. The molecule has 1 aliphatic rings. The molecule has 3 aromatic carbocycles. The van der Waals surface area contributed by atoms with Crippen LogP contribution in [-0.4, -0.2) is 5.11 Å². The number of hydrogen-bond acceptors (Lipinski definition) is 2. The molecular formula is C19H14OS. The molecule has 0 fully saturated rings. The molecule has 0 heterocycles. The van der Waals surface area contributed by atoms with Crippen molar-refractivity contribution in [3.63, 3.8) is 0 Å². The monoisotopic (exact) mass is 290 g/mol. The Labute approximate surface area is 129 Å². The summed E-state index contributed by atoms with van der Waals surface area (Å²) in [5.41, 5.74) is 7.15. The van der Waals surface area contributed by atoms with Crippen LogP contribution < -0.4 is 0 Å². The third-order valence-corrected chi connectivity index (χ3v) is 4.40. The zero-order valence-electron chi connectivity index (χ0n) is 11.4. The molecule has 3 aromatic rings. The van der Waals surface area contributed by atoms with Crippen LogP contribution in [-0.2, 0) is 6.42 Å². The highest BCUT2D eigenvalue weighted by Gasteiger charge is 2.21. The van der Waals surface area contributed by atoms with Gasteiger partial charge in [-0.15, -0.1) is 12.6 Å². The maximum atomic E-state index is 10.2. The average molecular weight is 290 g/mol. The second-order valence-electron chi connectivity index (χ2n) is 5.37. The molecule has 0 aromatic heterocycles. The van der Waals surface area contributed by atoms with Gasteiger partial charge in [0.2, 0.25) is 0 Å². The largest absolute Gasteiger partial charge is 0.507 e. The van der Waals surface area contributed by atoms with Crippen molar-refractivity contribution in [2.45, 2.75) is 11.3 Å². The van der Waals surface area contributed by atoms with Gasteiger partial charge in [0, 0.05) is 10.5 Å². The highest BCUT2D eigenvalue weighted by molar-refractivity contribution is 7.80. The van der Waals surface area contributed by atoms with Gasteiger partial charge in [-0.2, -0.15) is 0 Å². The molecule has 0 atom stereocenters. The first-order chi connectivity index (χ1) is 10.2. The summed E-state index contributed by atoms with van der Waals surface area (Å²) in [5, 5.41) is 10.2. The lowest BCUT2D eigenvalue weighted by Gasteiger charge is -2.11. The Bertz CT molecular complexity index is 852. The summed E-state index contributed by atoms with van der Waals surface area (Å²) in [6.45, 7) is 0. The van der Waals surface area contributed by atoms with Crippen molar-refractivity contribution in [3.05, 3.63) is 71.8 Å². The number of hydrogen-bond donors (Lipinski definition) is 2. The smallest absolute Gasteiger partial charge is 0.123 e. The van der Waals surface area contributed by atoms with Gasteiger partial charge >= 0.3 is 0 Å². The van der Waals surface area contributed by atoms with Crippen molar-refractivity contribution < 1.29 is 5.11 Å². The van der Waals surface area contributed by atoms with Gasteiger partial charge in [-0.05, 0) is 52.4 Å². The SMILES string of the molecule is Oc1ccc(S)cc1-c1cccc2c1Cc1ccccc1-2. The number of fused-ring (bicyclic) bond motifs is 3. The molecule has 4 rings (SSSR count). The van der Waals surface area contributed by atoms with E-state index in [0.717, 1.165) is 22.4 Å². The van der Waals surface area contributed by atoms with Crippen molar-refractivity contribution in [1.82, 2.24) is 0 Å². The number of phenolic OH excluding ortho intramolecular Hbond substituents is 1. The van der Waals surface area contributed by atoms with E-state index in [2.05, 4.69) is 55.1 Å². The fourth-order valence-electron chi connectivity index (χ4n) is 3.15. The quantitative estimate of drug-likeness (QED) is 0.477. The summed E-state index contributed by atoms with van der Waals surface area (Å²) in [5.74, 6) is 0.303. The summed E-state index contributed by atoms with van der Waals surface area (Å²) in [6.07, 6.45) is 0.915. The number of benzene rings is 3. The van der Waals surface area contributed by atoms with Crippen molar-refractivity contribution in [2.24, 2.45) is 0 Å². The minimum Gasteiger partial charge on any atom is -0.507 e. The van der Waals surface area contributed by atoms with Crippen LogP contribution in [0.15, 0.2) is 65.6 Å². The molecule has 0 unspecified atom stereocenters. The molecular weight excluding hydrogens is 276 g/mol. The fourth-order valence-corrected chi connectivity index (χ4v) is 3.35. The van der Waals surface area contributed by atoms with Gasteiger partial charge < -0.3 is 5.11 Å². The maximum absolute atomic E-state index is 10.2. The molecule has 0 saturated carbocycles. The van der Waals surface area contributed by atoms with E-state index in [1.807, 2.05) is 6.07 Å². The molecule has 0 aliphatic heterocycles. The highest BCUT2D eigenvalue weighted by atomic mass is 32.1. The Kier molecular flexibility index (Phi) is 2.79. The van der Waals surface area contributed by atoms with E-state index in [0.29, 0.717) is 5.75 Å². The molecule has 1 nitrogen and oxygen atoms in total. The summed E-state index contributed by atoms with van der Waals surface area (Å²) in [4.78, 5) is 0.857. The van der Waals surface area contributed by atoms with E-state index in [9.17, 15) is 5.11 Å². The van der Waals surface area contributed by atoms with E-state index in [1.54, 1.807) is 12.1 Å². The van der Waals surface area contributed by atoms with E-state index < -0.39 is 0 Å². The zero-order chi connectivity index (χ0) is 14.4. The van der Waals surface area contributed by atoms with Crippen LogP contribution in [0.5, 0.6) is 5.75 Å². The molecule has 1 aliphatic carbocycles. The lowest BCUT2D eigenvalue weighted by Crippen LogP contribution is -1.88. The van der Waals surface area contributed by atoms with Gasteiger partial charge in [0.05, 0.1) is 0 Å². The van der Waals surface area contributed by atoms with Gasteiger partial charge in [-0.3, -0.25) is 0 Å². The first-order valence-electron chi connectivity index (χ1n) is 6.96. The van der Waals surface area contributed by atoms with Gasteiger partial charge in [0.1, 0.15) is 5.75 Å². The van der Waals surface area contributed by atoms with Crippen LogP contribution in [0.3, 0.4) is 0 Å². The number of thiol groups is 1. The van der Waals surface area contributed by atoms with Gasteiger partial charge in [-0.1, -0.05) is 42.5 Å². The lowest BCUT2D eigenvalue weighted by molar-refractivity contribution is 0.477. The third kappa shape index (κ3) is 1.95. The minimum atomic E-state index is 0.303. The molecule has 2 heteroatoms. The average Bonchev–Trinajstić information content (AvgIpc) is 2.88. The normalized spacial score (nSPS) is 12.0. The zero-order valence-corrected chi connectivity index (χ0v) is 12.3. The molecule has 21 heavy (non-hydrogen) atoms. The standard InChI is InChI=1S/C19H14OS/c20-19-9-8-13(21)11-18(19)16-7-3-6-15-14-5-2-1-4-12(14)10-17(15)16/h1-9,11,20-21H,10H2. The third-order valence-electron chi connectivity index (χ3n) is 4.12. The van der Waals surface area contributed by atoms with E-state index >= 15 is 0 Å². The van der Waals surface area contributed by atoms with Crippen molar-refractivity contribution in [3.8, 4) is 28.0 Å². The van der Waals surface area contributed by atoms with E-state index in [1.165, 1.54) is 22.3 Å². The van der Waals surface area contributed by atoms with Crippen LogP contribution >= 0.6 is 12.6 Å². The molecule has 0 bridgehead atoms. The second kappa shape index (κ2) is 4.68. The Morgan fingerprint density at radius 3 is 2.33 bits per heavy atom. The first-order valence-corrected chi connectivity index (χ1v) is 7.41. The topological polar surface area (TPSA) is 20.2 Å². The predicted octanol–water partition coefficient (Wildman–Crippen LogP) is 4.92. The fraction of sp³-hybridized carbons (Fsp3) is 0.0526. The van der Waals surface area contributed by atoms with Gasteiger partial charge in [0.15, 0.2) is 0 Å². The summed E-state index contributed by atoms with van der Waals surface area (Å²) in [7, 11) is 0. The molecule has 0 spiro atoms. The molecule has 102 valence electrons. The summed E-state index contributed by atoms with van der Waals surface area (Å²) in [6, 6.07) is 20.2. The van der Waals surface area contributed by atoms with Gasteiger partial charge in [0.25, 0.3) is 0 Å². The molecule has 0 radical (unpaired) electrons. The van der Waals surface area contributed by atoms with Crippen LogP contribution in [0.25, 0.3) is 22.3 Å². The molecule has 0 saturated heterocycles. The lowest BCUT2D eigenvalue weighted by atomic mass is 9.95. The Balaban J connectivity index is 1.96. The predicted molar refractivity (Wildman–Crippen MR) is 89.0 cm³/mol. The molecule has 0 amide bonds. The number of rotatable bonds is 1. The van der Waals surface area contributed by atoms with Crippen molar-refractivity contribution in [1.29, 1.82) is 0 Å². The van der Waals surface area contributed by atoms with Crippen LogP contribution in [0.2, 0.25) is 0 Å². The first kappa shape index (κ1) is 12.5. The van der Waals surface area contributed by atoms with E-state index in [-0.39, 0.29) is 0 Å². The van der Waals surface area contributed by atoms with Crippen LogP contribution in [0.1, 0.15) is 11.1 Å². The van der Waals surface area contributed by atoms with Gasteiger partial charge in [-0.25, -0.2) is 0 Å². The van der Waals surface area contributed by atoms with Crippen LogP contribution in [0.4, 0.5) is 0 Å². The Hall–Kier alpha value is -2.19.